The van der Waals surface area contributed by atoms with Gasteiger partial charge in [-0.2, -0.15) is 0 Å². The first kappa shape index (κ1) is 16.5. The van der Waals surface area contributed by atoms with Crippen LogP contribution in [0.5, 0.6) is 0 Å². The maximum absolute atomic E-state index is 12.2. The molecule has 2 heterocycles. The van der Waals surface area contributed by atoms with Crippen LogP contribution in [0.1, 0.15) is 12.0 Å². The van der Waals surface area contributed by atoms with E-state index in [0.29, 0.717) is 5.13 Å². The molecular weight excluding hydrogens is 358 g/mol. The van der Waals surface area contributed by atoms with Gasteiger partial charge in [-0.25, -0.2) is 4.98 Å². The maximum atomic E-state index is 12.2. The van der Waals surface area contributed by atoms with Crippen LogP contribution in [0.4, 0.5) is 5.13 Å². The minimum atomic E-state index is -0.0774. The summed E-state index contributed by atoms with van der Waals surface area (Å²) in [6, 6.07) is 12.6. The Kier molecular flexibility index (Phi) is 3.77. The maximum Gasteiger partial charge on any atom is 0.229 e. The quantitative estimate of drug-likeness (QED) is 0.496. The highest BCUT2D eigenvalue weighted by Crippen LogP contribution is 2.40. The molecule has 0 bridgehead atoms. The summed E-state index contributed by atoms with van der Waals surface area (Å²) in [6.07, 6.45) is 2.72. The Morgan fingerprint density at radius 1 is 1.33 bits per heavy atom. The number of nitrogens with zero attached hydrogens (tertiary/aromatic N) is 1. The topological polar surface area (TPSA) is 78.0 Å². The van der Waals surface area contributed by atoms with Crippen LogP contribution < -0.4 is 5.32 Å². The van der Waals surface area contributed by atoms with Crippen molar-refractivity contribution in [3.05, 3.63) is 48.2 Å². The van der Waals surface area contributed by atoms with Crippen LogP contribution >= 0.6 is 11.3 Å². The number of hydrogen-bond donors (Lipinski definition) is 3. The number of aliphatic hydroxyl groups excluding tert-OH is 1. The van der Waals surface area contributed by atoms with E-state index in [1.807, 2.05) is 12.3 Å². The van der Waals surface area contributed by atoms with Crippen molar-refractivity contribution >= 4 is 43.5 Å². The highest BCUT2D eigenvalue weighted by Gasteiger charge is 2.42. The molecule has 5 nitrogen and oxygen atoms in total. The predicted octanol–water partition coefficient (Wildman–Crippen LogP) is 4.32. The van der Waals surface area contributed by atoms with E-state index in [1.54, 1.807) is 0 Å². The molecule has 2 unspecified atom stereocenters. The van der Waals surface area contributed by atoms with E-state index in [4.69, 9.17) is 5.11 Å². The largest absolute Gasteiger partial charge is 0.396 e. The molecular formula is C21H19N3O2S. The summed E-state index contributed by atoms with van der Waals surface area (Å²) in [7, 11) is 0. The fraction of sp³-hybridized carbons (Fsp3) is 0.238. The fourth-order valence-corrected chi connectivity index (χ4v) is 4.64. The Morgan fingerprint density at radius 2 is 2.22 bits per heavy atom. The third-order valence-corrected chi connectivity index (χ3v) is 6.28. The molecule has 1 aliphatic carbocycles. The number of hydrogen-bond acceptors (Lipinski definition) is 4. The van der Waals surface area contributed by atoms with Crippen molar-refractivity contribution in [2.75, 3.05) is 11.9 Å². The molecule has 4 aromatic rings. The normalized spacial score (nSPS) is 18.9. The molecule has 2 atom stereocenters. The van der Waals surface area contributed by atoms with Gasteiger partial charge in [-0.15, -0.1) is 0 Å². The highest BCUT2D eigenvalue weighted by atomic mass is 32.1. The van der Waals surface area contributed by atoms with Crippen molar-refractivity contribution in [3.63, 3.8) is 0 Å². The molecule has 2 aromatic heterocycles. The number of carbonyl (C=O) groups is 1. The van der Waals surface area contributed by atoms with Gasteiger partial charge in [-0.3, -0.25) is 4.79 Å². The predicted molar refractivity (Wildman–Crippen MR) is 109 cm³/mol. The number of aryl methyl sites for hydroxylation is 1. The van der Waals surface area contributed by atoms with Gasteiger partial charge >= 0.3 is 0 Å². The van der Waals surface area contributed by atoms with Gasteiger partial charge < -0.3 is 15.4 Å². The lowest BCUT2D eigenvalue weighted by Crippen LogP contribution is -2.15. The van der Waals surface area contributed by atoms with Crippen LogP contribution in [0.15, 0.2) is 42.6 Å². The first-order chi connectivity index (χ1) is 13.1. The van der Waals surface area contributed by atoms with Gasteiger partial charge in [0.25, 0.3) is 0 Å². The lowest BCUT2D eigenvalue weighted by atomic mass is 9.97. The summed E-state index contributed by atoms with van der Waals surface area (Å²) in [4.78, 5) is 20.0. The van der Waals surface area contributed by atoms with Gasteiger partial charge in [-0.1, -0.05) is 23.5 Å². The van der Waals surface area contributed by atoms with Gasteiger partial charge in [0.1, 0.15) is 0 Å². The molecule has 1 fully saturated rings. The van der Waals surface area contributed by atoms with Gasteiger partial charge in [0.2, 0.25) is 5.91 Å². The number of rotatable bonds is 4. The molecule has 2 aromatic carbocycles. The van der Waals surface area contributed by atoms with E-state index < -0.39 is 0 Å². The van der Waals surface area contributed by atoms with E-state index in [2.05, 4.69) is 52.5 Å². The van der Waals surface area contributed by atoms with E-state index in [1.165, 1.54) is 27.8 Å². The van der Waals surface area contributed by atoms with E-state index in [0.717, 1.165) is 27.7 Å². The number of amides is 1. The Balaban J connectivity index is 1.50. The number of aromatic amines is 1. The zero-order valence-electron chi connectivity index (χ0n) is 14.8. The van der Waals surface area contributed by atoms with Gasteiger partial charge in [-0.05, 0) is 60.2 Å². The number of thiazole rings is 1. The summed E-state index contributed by atoms with van der Waals surface area (Å²) in [5, 5.41) is 13.9. The van der Waals surface area contributed by atoms with Crippen molar-refractivity contribution in [1.29, 1.82) is 0 Å². The zero-order chi connectivity index (χ0) is 18.5. The van der Waals surface area contributed by atoms with Crippen molar-refractivity contribution in [1.82, 2.24) is 9.97 Å². The van der Waals surface area contributed by atoms with Gasteiger partial charge in [0.15, 0.2) is 5.13 Å². The standard InChI is InChI=1S/C21H19N3O2S/c1-11-2-4-16-14(6-7-22-16)19(11)12-3-5-17-18(9-12)27-21(23-17)24-20(26)15-8-13(15)10-25/h2-7,9,13,15,22,25H,8,10H2,1H3,(H,23,24,26). The number of fused-ring (bicyclic) bond motifs is 2. The second-order valence-corrected chi connectivity index (χ2v) is 8.20. The van der Waals surface area contributed by atoms with Gasteiger partial charge in [0, 0.05) is 29.6 Å². The molecule has 0 spiro atoms. The third-order valence-electron chi connectivity index (χ3n) is 5.34. The number of aromatic nitrogens is 2. The zero-order valence-corrected chi connectivity index (χ0v) is 15.6. The summed E-state index contributed by atoms with van der Waals surface area (Å²) in [5.74, 6) is -0.0107. The van der Waals surface area contributed by atoms with E-state index in [9.17, 15) is 4.79 Å². The SMILES string of the molecule is Cc1ccc2[nH]ccc2c1-c1ccc2nc(NC(=O)C3CC3CO)sc2c1. The monoisotopic (exact) mass is 377 g/mol. The number of benzene rings is 2. The second-order valence-electron chi connectivity index (χ2n) is 7.17. The number of nitrogens with one attached hydrogen (secondary N) is 2. The van der Waals surface area contributed by atoms with Crippen LogP contribution in [0.2, 0.25) is 0 Å². The first-order valence-electron chi connectivity index (χ1n) is 9.03. The second kappa shape index (κ2) is 6.18. The molecule has 3 N–H and O–H groups in total. The number of carbonyl (C=O) groups excluding carboxylic acids is 1. The highest BCUT2D eigenvalue weighted by molar-refractivity contribution is 7.22. The lowest BCUT2D eigenvalue weighted by molar-refractivity contribution is -0.117. The average molecular weight is 377 g/mol. The molecule has 5 rings (SSSR count). The third kappa shape index (κ3) is 2.81. The smallest absolute Gasteiger partial charge is 0.229 e. The molecule has 6 heteroatoms. The lowest BCUT2D eigenvalue weighted by Gasteiger charge is -2.08. The number of anilines is 1. The fourth-order valence-electron chi connectivity index (χ4n) is 3.73. The van der Waals surface area contributed by atoms with Crippen molar-refractivity contribution in [3.8, 4) is 11.1 Å². The van der Waals surface area contributed by atoms with Crippen LogP contribution in [-0.4, -0.2) is 27.6 Å². The Labute approximate surface area is 160 Å². The van der Waals surface area contributed by atoms with Crippen molar-refractivity contribution in [2.24, 2.45) is 11.8 Å². The van der Waals surface area contributed by atoms with Crippen LogP contribution in [-0.2, 0) is 4.79 Å². The summed E-state index contributed by atoms with van der Waals surface area (Å²) in [5.41, 5.74) is 5.60. The number of aliphatic hydroxyl groups is 1. The van der Waals surface area contributed by atoms with Crippen LogP contribution in [0.3, 0.4) is 0 Å². The minimum absolute atomic E-state index is 0.0405. The summed E-state index contributed by atoms with van der Waals surface area (Å²) in [6.45, 7) is 2.20. The van der Waals surface area contributed by atoms with E-state index in [-0.39, 0.29) is 24.3 Å². The molecule has 1 amide bonds. The van der Waals surface area contributed by atoms with Crippen molar-refractivity contribution in [2.45, 2.75) is 13.3 Å². The minimum Gasteiger partial charge on any atom is -0.396 e. The van der Waals surface area contributed by atoms with Crippen LogP contribution in [0, 0.1) is 18.8 Å². The van der Waals surface area contributed by atoms with E-state index >= 15 is 0 Å². The molecule has 1 saturated carbocycles. The molecule has 0 saturated heterocycles. The molecule has 27 heavy (non-hydrogen) atoms. The molecule has 0 aliphatic heterocycles. The number of H-pyrrole nitrogens is 1. The first-order valence-corrected chi connectivity index (χ1v) is 9.85. The molecule has 136 valence electrons. The Morgan fingerprint density at radius 3 is 3.04 bits per heavy atom. The van der Waals surface area contributed by atoms with Crippen molar-refractivity contribution < 1.29 is 9.90 Å². The Hall–Kier alpha value is -2.70. The summed E-state index contributed by atoms with van der Waals surface area (Å²) < 4.78 is 1.05. The molecule has 1 aliphatic rings. The Bertz CT molecular complexity index is 1180. The van der Waals surface area contributed by atoms with Crippen LogP contribution in [0.25, 0.3) is 32.2 Å². The summed E-state index contributed by atoms with van der Waals surface area (Å²) >= 11 is 1.49. The molecule has 0 radical (unpaired) electrons. The van der Waals surface area contributed by atoms with Gasteiger partial charge in [0.05, 0.1) is 10.2 Å². The average Bonchev–Trinajstić information content (AvgIpc) is 3.12.